The van der Waals surface area contributed by atoms with Gasteiger partial charge in [0.2, 0.25) is 10.0 Å². The average molecular weight is 428 g/mol. The van der Waals surface area contributed by atoms with Crippen LogP contribution in [-0.2, 0) is 10.0 Å². The van der Waals surface area contributed by atoms with Crippen LogP contribution in [0.25, 0.3) is 0 Å². The molecule has 0 bridgehead atoms. The largest absolute Gasteiger partial charge is 0.308 e. The van der Waals surface area contributed by atoms with Gasteiger partial charge in [0.15, 0.2) is 0 Å². The van der Waals surface area contributed by atoms with Gasteiger partial charge in [-0.2, -0.15) is 4.31 Å². The minimum Gasteiger partial charge on any atom is -0.308 e. The summed E-state index contributed by atoms with van der Waals surface area (Å²) in [5.74, 6) is 0. The van der Waals surface area contributed by atoms with E-state index in [2.05, 4.69) is 31.9 Å². The molecule has 0 saturated carbocycles. The highest BCUT2D eigenvalue weighted by atomic mass is 79.9. The smallest absolute Gasteiger partial charge is 0.244 e. The van der Waals surface area contributed by atoms with Crippen molar-refractivity contribution in [2.24, 2.45) is 0 Å². The number of nitrogens with zero attached hydrogens (tertiary/aromatic N) is 2. The van der Waals surface area contributed by atoms with E-state index in [1.54, 1.807) is 12.1 Å². The lowest BCUT2D eigenvalue weighted by atomic mass is 10.3. The van der Waals surface area contributed by atoms with Crippen molar-refractivity contribution >= 4 is 41.9 Å². The molecule has 20 heavy (non-hydrogen) atoms. The van der Waals surface area contributed by atoms with Gasteiger partial charge in [-0.05, 0) is 55.1 Å². The van der Waals surface area contributed by atoms with Crippen LogP contribution in [0.15, 0.2) is 32.0 Å². The van der Waals surface area contributed by atoms with Gasteiger partial charge >= 0.3 is 0 Å². The Balaban J connectivity index is 3.21. The van der Waals surface area contributed by atoms with Crippen molar-refractivity contribution in [1.82, 2.24) is 9.21 Å². The van der Waals surface area contributed by atoms with Gasteiger partial charge in [0.25, 0.3) is 0 Å². The van der Waals surface area contributed by atoms with Crippen molar-refractivity contribution in [2.75, 3.05) is 27.2 Å². The van der Waals surface area contributed by atoms with E-state index in [9.17, 15) is 8.42 Å². The molecule has 1 aromatic rings. The van der Waals surface area contributed by atoms with Crippen LogP contribution in [0, 0.1) is 0 Å². The van der Waals surface area contributed by atoms with Gasteiger partial charge in [0, 0.05) is 28.1 Å². The van der Waals surface area contributed by atoms with Gasteiger partial charge in [0.05, 0.1) is 4.90 Å². The number of sulfonamides is 1. The van der Waals surface area contributed by atoms with Crippen LogP contribution in [0.4, 0.5) is 0 Å². The Kier molecular flexibility index (Phi) is 6.66. The van der Waals surface area contributed by atoms with Crippen LogP contribution in [0.2, 0.25) is 0 Å². The first-order valence-corrected chi connectivity index (χ1v) is 9.34. The molecule has 0 radical (unpaired) electrons. The zero-order valence-corrected chi connectivity index (χ0v) is 16.1. The molecule has 7 heteroatoms. The molecule has 1 unspecified atom stereocenters. The van der Waals surface area contributed by atoms with E-state index in [0.29, 0.717) is 22.5 Å². The van der Waals surface area contributed by atoms with E-state index in [-0.39, 0.29) is 6.04 Å². The summed E-state index contributed by atoms with van der Waals surface area (Å²) in [4.78, 5) is 2.28. The number of hydrogen-bond acceptors (Lipinski definition) is 3. The number of halogens is 2. The highest BCUT2D eigenvalue weighted by molar-refractivity contribution is 9.11. The first-order chi connectivity index (χ1) is 9.20. The number of likely N-dealkylation sites (N-methyl/N-ethyl adjacent to an activating group) is 2. The van der Waals surface area contributed by atoms with Crippen LogP contribution in [-0.4, -0.2) is 50.8 Å². The van der Waals surface area contributed by atoms with Crippen molar-refractivity contribution in [3.8, 4) is 0 Å². The Bertz CT molecular complexity index is 561. The standard InChI is InChI=1S/C13H20Br2N2O2S/c1-5-17(10(2)9-16(3)4)20(18,19)13-8-11(14)6-7-12(13)15/h6-8,10H,5,9H2,1-4H3. The van der Waals surface area contributed by atoms with Crippen molar-refractivity contribution in [1.29, 1.82) is 0 Å². The summed E-state index contributed by atoms with van der Waals surface area (Å²) in [7, 11) is 0.354. The minimum absolute atomic E-state index is 0.0918. The van der Waals surface area contributed by atoms with Gasteiger partial charge in [-0.15, -0.1) is 0 Å². The molecule has 0 heterocycles. The fourth-order valence-corrected chi connectivity index (χ4v) is 5.24. The molecule has 1 rings (SSSR count). The van der Waals surface area contributed by atoms with Crippen molar-refractivity contribution in [3.63, 3.8) is 0 Å². The molecule has 1 atom stereocenters. The third-order valence-electron chi connectivity index (χ3n) is 2.91. The third-order valence-corrected chi connectivity index (χ3v) is 6.49. The fourth-order valence-electron chi connectivity index (χ4n) is 2.14. The van der Waals surface area contributed by atoms with Crippen molar-refractivity contribution < 1.29 is 8.42 Å². The van der Waals surface area contributed by atoms with E-state index in [4.69, 9.17) is 0 Å². The topological polar surface area (TPSA) is 40.6 Å². The fraction of sp³-hybridized carbons (Fsp3) is 0.538. The molecular formula is C13H20Br2N2O2S. The van der Waals surface area contributed by atoms with Crippen LogP contribution in [0.3, 0.4) is 0 Å². The zero-order chi connectivity index (χ0) is 15.5. The summed E-state index contributed by atoms with van der Waals surface area (Å²) in [6, 6.07) is 5.08. The van der Waals surface area contributed by atoms with Gasteiger partial charge in [-0.1, -0.05) is 22.9 Å². The lowest BCUT2D eigenvalue weighted by Crippen LogP contribution is -2.43. The Morgan fingerprint density at radius 3 is 2.35 bits per heavy atom. The number of rotatable bonds is 6. The van der Waals surface area contributed by atoms with Gasteiger partial charge < -0.3 is 4.90 Å². The lowest BCUT2D eigenvalue weighted by molar-refractivity contribution is 0.271. The summed E-state index contributed by atoms with van der Waals surface area (Å²) >= 11 is 6.65. The summed E-state index contributed by atoms with van der Waals surface area (Å²) in [5, 5.41) is 0. The maximum absolute atomic E-state index is 12.8. The van der Waals surface area contributed by atoms with E-state index < -0.39 is 10.0 Å². The summed E-state index contributed by atoms with van der Waals surface area (Å²) in [6.07, 6.45) is 0. The summed E-state index contributed by atoms with van der Waals surface area (Å²) < 4.78 is 28.5. The van der Waals surface area contributed by atoms with E-state index in [1.165, 1.54) is 4.31 Å². The van der Waals surface area contributed by atoms with Crippen LogP contribution >= 0.6 is 31.9 Å². The maximum atomic E-state index is 12.8. The van der Waals surface area contributed by atoms with Crippen LogP contribution in [0.5, 0.6) is 0 Å². The monoisotopic (exact) mass is 426 g/mol. The second-order valence-electron chi connectivity index (χ2n) is 4.89. The SMILES string of the molecule is CCN(C(C)CN(C)C)S(=O)(=O)c1cc(Br)ccc1Br. The van der Waals surface area contributed by atoms with E-state index >= 15 is 0 Å². The first kappa shape index (κ1) is 18.1. The molecule has 0 fully saturated rings. The Morgan fingerprint density at radius 1 is 1.25 bits per heavy atom. The van der Waals surface area contributed by atoms with Gasteiger partial charge in [-0.3, -0.25) is 0 Å². The second-order valence-corrected chi connectivity index (χ2v) is 8.52. The molecular weight excluding hydrogens is 408 g/mol. The van der Waals surface area contributed by atoms with Crippen molar-refractivity contribution in [3.05, 3.63) is 27.1 Å². The number of benzene rings is 1. The average Bonchev–Trinajstić information content (AvgIpc) is 2.31. The third kappa shape index (κ3) is 4.27. The summed E-state index contributed by atoms with van der Waals surface area (Å²) in [6.45, 7) is 4.90. The first-order valence-electron chi connectivity index (χ1n) is 6.31. The molecule has 114 valence electrons. The second kappa shape index (κ2) is 7.35. The minimum atomic E-state index is -3.52. The predicted molar refractivity (Wildman–Crippen MR) is 89.4 cm³/mol. The highest BCUT2D eigenvalue weighted by Gasteiger charge is 2.29. The van der Waals surface area contributed by atoms with Crippen LogP contribution in [0.1, 0.15) is 13.8 Å². The Labute approximate surface area is 138 Å². The summed E-state index contributed by atoms with van der Waals surface area (Å²) in [5.41, 5.74) is 0. The van der Waals surface area contributed by atoms with Crippen LogP contribution < -0.4 is 0 Å². The lowest BCUT2D eigenvalue weighted by Gasteiger charge is -2.29. The Morgan fingerprint density at radius 2 is 1.85 bits per heavy atom. The Hall–Kier alpha value is 0.0500. The molecule has 0 amide bonds. The molecule has 4 nitrogen and oxygen atoms in total. The van der Waals surface area contributed by atoms with E-state index in [1.807, 2.05) is 38.9 Å². The normalized spacial score (nSPS) is 14.0. The molecule has 0 saturated heterocycles. The van der Waals surface area contributed by atoms with Crippen molar-refractivity contribution in [2.45, 2.75) is 24.8 Å². The molecule has 1 aromatic carbocycles. The van der Waals surface area contributed by atoms with Gasteiger partial charge in [0.1, 0.15) is 0 Å². The molecule has 0 N–H and O–H groups in total. The molecule has 0 aliphatic rings. The highest BCUT2D eigenvalue weighted by Crippen LogP contribution is 2.29. The molecule has 0 aliphatic heterocycles. The quantitative estimate of drug-likeness (QED) is 0.699. The van der Waals surface area contributed by atoms with E-state index in [0.717, 1.165) is 4.47 Å². The predicted octanol–water partition coefficient (Wildman–Crippen LogP) is 3.17. The number of hydrogen-bond donors (Lipinski definition) is 0. The molecule has 0 aliphatic carbocycles. The molecule has 0 aromatic heterocycles. The maximum Gasteiger partial charge on any atom is 0.244 e. The zero-order valence-electron chi connectivity index (χ0n) is 12.1. The van der Waals surface area contributed by atoms with Gasteiger partial charge in [-0.25, -0.2) is 8.42 Å². The molecule has 0 spiro atoms.